The van der Waals surface area contributed by atoms with E-state index in [-0.39, 0.29) is 24.9 Å². The average Bonchev–Trinajstić information content (AvgIpc) is 2.64. The molecular formula is C19H17FN2O3. The first-order valence-corrected chi connectivity index (χ1v) is 7.72. The van der Waals surface area contributed by atoms with E-state index < -0.39 is 0 Å². The van der Waals surface area contributed by atoms with Gasteiger partial charge in [-0.25, -0.2) is 4.39 Å². The summed E-state index contributed by atoms with van der Waals surface area (Å²) in [6.45, 7) is -0.0930. The third-order valence-corrected chi connectivity index (χ3v) is 3.72. The number of amides is 1. The van der Waals surface area contributed by atoms with Gasteiger partial charge in [-0.3, -0.25) is 9.78 Å². The lowest BCUT2D eigenvalue weighted by Gasteiger charge is -2.12. The van der Waals surface area contributed by atoms with Crippen LogP contribution in [0, 0.1) is 5.82 Å². The molecule has 0 spiro atoms. The monoisotopic (exact) mass is 340 g/mol. The number of nitrogens with one attached hydrogen (secondary N) is 1. The summed E-state index contributed by atoms with van der Waals surface area (Å²) in [6, 6.07) is 11.7. The third-order valence-electron chi connectivity index (χ3n) is 3.72. The molecule has 25 heavy (non-hydrogen) atoms. The fourth-order valence-electron chi connectivity index (χ4n) is 2.40. The molecule has 0 saturated heterocycles. The first-order chi connectivity index (χ1) is 12.2. The number of carbonyl (C=O) groups is 1. The molecule has 0 aliphatic rings. The smallest absolute Gasteiger partial charge is 0.258 e. The highest BCUT2D eigenvalue weighted by molar-refractivity contribution is 5.85. The number of hydrogen-bond donors (Lipinski definition) is 1. The summed E-state index contributed by atoms with van der Waals surface area (Å²) in [5.41, 5.74) is 0.421. The van der Waals surface area contributed by atoms with Crippen LogP contribution >= 0.6 is 0 Å². The molecule has 1 N–H and O–H groups in total. The molecular weight excluding hydrogens is 323 g/mol. The summed E-state index contributed by atoms with van der Waals surface area (Å²) < 4.78 is 24.4. The van der Waals surface area contributed by atoms with Crippen molar-refractivity contribution in [2.24, 2.45) is 0 Å². The number of halogens is 1. The lowest BCUT2D eigenvalue weighted by atomic mass is 10.1. The molecule has 2 aromatic carbocycles. The molecule has 1 heterocycles. The van der Waals surface area contributed by atoms with Gasteiger partial charge in [-0.2, -0.15) is 0 Å². The first kappa shape index (κ1) is 16.7. The molecule has 0 bridgehead atoms. The molecule has 0 unspecified atom stereocenters. The number of ether oxygens (including phenoxy) is 2. The number of nitrogens with zero attached hydrogens (tertiary/aromatic N) is 1. The van der Waals surface area contributed by atoms with Crippen molar-refractivity contribution in [1.29, 1.82) is 0 Å². The summed E-state index contributed by atoms with van der Waals surface area (Å²) in [4.78, 5) is 16.0. The quantitative estimate of drug-likeness (QED) is 0.749. The Bertz CT molecular complexity index is 899. The molecule has 0 fully saturated rings. The summed E-state index contributed by atoms with van der Waals surface area (Å²) >= 11 is 0. The highest BCUT2D eigenvalue weighted by Gasteiger charge is 2.10. The normalized spacial score (nSPS) is 10.5. The summed E-state index contributed by atoms with van der Waals surface area (Å²) in [5.74, 6) is 0.272. The molecule has 0 aliphatic heterocycles. The van der Waals surface area contributed by atoms with Gasteiger partial charge in [0.1, 0.15) is 5.82 Å². The van der Waals surface area contributed by atoms with Crippen molar-refractivity contribution >= 4 is 16.7 Å². The van der Waals surface area contributed by atoms with Crippen LogP contribution < -0.4 is 14.8 Å². The van der Waals surface area contributed by atoms with E-state index in [4.69, 9.17) is 9.47 Å². The second kappa shape index (κ2) is 7.61. The Morgan fingerprint density at radius 1 is 1.16 bits per heavy atom. The van der Waals surface area contributed by atoms with Crippen LogP contribution in [-0.2, 0) is 11.3 Å². The number of benzene rings is 2. The summed E-state index contributed by atoms with van der Waals surface area (Å²) in [7, 11) is 1.54. The van der Waals surface area contributed by atoms with Crippen molar-refractivity contribution in [3.8, 4) is 11.5 Å². The summed E-state index contributed by atoms with van der Waals surface area (Å²) in [6.07, 6.45) is 3.40. The maximum atomic E-state index is 13.5. The van der Waals surface area contributed by atoms with Gasteiger partial charge in [-0.15, -0.1) is 0 Å². The SMILES string of the molecule is COc1cc2ccncc2cc1OCC(=O)NCc1ccccc1F. The van der Waals surface area contributed by atoms with Gasteiger partial charge in [0.2, 0.25) is 0 Å². The van der Waals surface area contributed by atoms with Crippen LogP contribution in [0.2, 0.25) is 0 Å². The van der Waals surface area contributed by atoms with Crippen LogP contribution in [0.4, 0.5) is 4.39 Å². The van der Waals surface area contributed by atoms with Gasteiger partial charge in [0, 0.05) is 29.9 Å². The van der Waals surface area contributed by atoms with Crippen LogP contribution in [-0.4, -0.2) is 24.6 Å². The van der Waals surface area contributed by atoms with Crippen molar-refractivity contribution in [2.45, 2.75) is 6.54 Å². The molecule has 3 rings (SSSR count). The van der Waals surface area contributed by atoms with E-state index in [0.29, 0.717) is 17.1 Å². The van der Waals surface area contributed by atoms with Gasteiger partial charge in [-0.05, 0) is 29.7 Å². The van der Waals surface area contributed by atoms with Gasteiger partial charge in [-0.1, -0.05) is 18.2 Å². The van der Waals surface area contributed by atoms with Crippen LogP contribution in [0.5, 0.6) is 11.5 Å². The molecule has 0 radical (unpaired) electrons. The Hall–Kier alpha value is -3.15. The maximum absolute atomic E-state index is 13.5. The molecule has 6 heteroatoms. The van der Waals surface area contributed by atoms with Crippen LogP contribution in [0.15, 0.2) is 54.9 Å². The number of pyridine rings is 1. The zero-order valence-electron chi connectivity index (χ0n) is 13.7. The Kier molecular flexibility index (Phi) is 5.09. The van der Waals surface area contributed by atoms with E-state index in [1.54, 1.807) is 36.7 Å². The minimum absolute atomic E-state index is 0.105. The standard InChI is InChI=1S/C19H17FN2O3/c1-24-17-8-13-6-7-21-10-15(13)9-18(17)25-12-19(23)22-11-14-4-2-3-5-16(14)20/h2-10H,11-12H2,1H3,(H,22,23). The number of carbonyl (C=O) groups excluding carboxylic acids is 1. The highest BCUT2D eigenvalue weighted by Crippen LogP contribution is 2.31. The summed E-state index contributed by atoms with van der Waals surface area (Å²) in [5, 5.41) is 4.47. The second-order valence-corrected chi connectivity index (χ2v) is 5.38. The fourth-order valence-corrected chi connectivity index (χ4v) is 2.40. The zero-order chi connectivity index (χ0) is 17.6. The highest BCUT2D eigenvalue weighted by atomic mass is 19.1. The van der Waals surface area contributed by atoms with E-state index in [1.807, 2.05) is 12.1 Å². The topological polar surface area (TPSA) is 60.5 Å². The minimum Gasteiger partial charge on any atom is -0.493 e. The first-order valence-electron chi connectivity index (χ1n) is 7.72. The van der Waals surface area contributed by atoms with Gasteiger partial charge >= 0.3 is 0 Å². The number of aromatic nitrogens is 1. The van der Waals surface area contributed by atoms with Gasteiger partial charge in [0.15, 0.2) is 18.1 Å². The predicted octanol–water partition coefficient (Wildman–Crippen LogP) is 3.08. The Labute approximate surface area is 144 Å². The van der Waals surface area contributed by atoms with E-state index in [2.05, 4.69) is 10.3 Å². The Balaban J connectivity index is 1.63. The Morgan fingerprint density at radius 2 is 1.96 bits per heavy atom. The van der Waals surface area contributed by atoms with E-state index in [1.165, 1.54) is 13.2 Å². The fraction of sp³-hybridized carbons (Fsp3) is 0.158. The molecule has 1 amide bonds. The van der Waals surface area contributed by atoms with E-state index in [9.17, 15) is 9.18 Å². The van der Waals surface area contributed by atoms with Crippen molar-refractivity contribution in [3.05, 3.63) is 66.2 Å². The molecule has 3 aromatic rings. The number of rotatable bonds is 6. The third kappa shape index (κ3) is 4.03. The van der Waals surface area contributed by atoms with Crippen LogP contribution in [0.3, 0.4) is 0 Å². The van der Waals surface area contributed by atoms with Crippen molar-refractivity contribution in [3.63, 3.8) is 0 Å². The Morgan fingerprint density at radius 3 is 2.76 bits per heavy atom. The zero-order valence-corrected chi connectivity index (χ0v) is 13.7. The molecule has 1 aromatic heterocycles. The average molecular weight is 340 g/mol. The second-order valence-electron chi connectivity index (χ2n) is 5.38. The predicted molar refractivity (Wildman–Crippen MR) is 92.0 cm³/mol. The van der Waals surface area contributed by atoms with Crippen molar-refractivity contribution < 1.29 is 18.7 Å². The molecule has 5 nitrogen and oxygen atoms in total. The molecule has 0 aliphatic carbocycles. The maximum Gasteiger partial charge on any atom is 0.258 e. The largest absolute Gasteiger partial charge is 0.493 e. The number of methoxy groups -OCH3 is 1. The molecule has 128 valence electrons. The van der Waals surface area contributed by atoms with Gasteiger partial charge in [0.05, 0.1) is 7.11 Å². The van der Waals surface area contributed by atoms with Gasteiger partial charge in [0.25, 0.3) is 5.91 Å². The number of hydrogen-bond acceptors (Lipinski definition) is 4. The van der Waals surface area contributed by atoms with E-state index >= 15 is 0 Å². The van der Waals surface area contributed by atoms with E-state index in [0.717, 1.165) is 10.8 Å². The van der Waals surface area contributed by atoms with Crippen LogP contribution in [0.1, 0.15) is 5.56 Å². The number of fused-ring (bicyclic) bond motifs is 1. The minimum atomic E-state index is -0.354. The lowest BCUT2D eigenvalue weighted by molar-refractivity contribution is -0.123. The molecule has 0 saturated carbocycles. The van der Waals surface area contributed by atoms with Crippen molar-refractivity contribution in [2.75, 3.05) is 13.7 Å². The van der Waals surface area contributed by atoms with Gasteiger partial charge < -0.3 is 14.8 Å². The lowest BCUT2D eigenvalue weighted by Crippen LogP contribution is -2.28. The van der Waals surface area contributed by atoms with Crippen molar-refractivity contribution in [1.82, 2.24) is 10.3 Å². The molecule has 0 atom stereocenters. The van der Waals surface area contributed by atoms with Crippen LogP contribution in [0.25, 0.3) is 10.8 Å².